The number of aliphatic hydroxyl groups excluding tert-OH is 1. The Balaban J connectivity index is 1.35. The summed E-state index contributed by atoms with van der Waals surface area (Å²) in [5.74, 6) is -3.88. The monoisotopic (exact) mass is 689 g/mol. The first-order valence-corrected chi connectivity index (χ1v) is 17.6. The Bertz CT molecular complexity index is 1840. The van der Waals surface area contributed by atoms with E-state index < -0.39 is 60.2 Å². The number of aryl methyl sites for hydroxylation is 2. The highest BCUT2D eigenvalue weighted by atomic mass is 16.6. The standard InChI is InChI=1S/C41H43N3O7/c1-26-13-11-14-27(2)36(26)43-22-12-21-41-35(38(47)44(37(41)39(43)48)30(25-45)23-28-15-5-3-6-16-28)34-31(51-41)19-9-10-20-33(46)42-24-32(50-40(34)49)29-17-7-4-8-18-29/h3-9,11-19,21,30-32,34-35,37,45H,10,20,22-25H2,1-2H3,(H,42,46)/b19-9-/t30-,31-,32+,34+,35+,37-,41+/m1/s1. The van der Waals surface area contributed by atoms with Crippen molar-refractivity contribution in [3.05, 3.63) is 125 Å². The molecule has 0 bridgehead atoms. The molecular formula is C41H43N3O7. The Morgan fingerprint density at radius 2 is 1.61 bits per heavy atom. The van der Waals surface area contributed by atoms with Crippen LogP contribution in [0.1, 0.15) is 41.2 Å². The topological polar surface area (TPSA) is 125 Å². The van der Waals surface area contributed by atoms with Crippen LogP contribution in [0.2, 0.25) is 0 Å². The molecule has 264 valence electrons. The van der Waals surface area contributed by atoms with Crippen LogP contribution in [-0.2, 0) is 35.1 Å². The van der Waals surface area contributed by atoms with E-state index >= 15 is 9.59 Å². The van der Waals surface area contributed by atoms with E-state index in [-0.39, 0.29) is 37.7 Å². The van der Waals surface area contributed by atoms with Gasteiger partial charge < -0.3 is 29.7 Å². The number of hydrogen-bond acceptors (Lipinski definition) is 7. The van der Waals surface area contributed by atoms with Crippen molar-refractivity contribution in [2.45, 2.75) is 63.0 Å². The van der Waals surface area contributed by atoms with Crippen LogP contribution < -0.4 is 10.2 Å². The molecule has 10 heteroatoms. The molecule has 4 heterocycles. The second-order valence-corrected chi connectivity index (χ2v) is 13.8. The number of ether oxygens (including phenoxy) is 2. The summed E-state index contributed by atoms with van der Waals surface area (Å²) in [5.41, 5.74) is 2.59. The fourth-order valence-electron chi connectivity index (χ4n) is 8.31. The quantitative estimate of drug-likeness (QED) is 0.295. The molecule has 0 unspecified atom stereocenters. The number of cyclic esters (lactones) is 1. The summed E-state index contributed by atoms with van der Waals surface area (Å²) in [6.45, 7) is 3.76. The highest BCUT2D eigenvalue weighted by Gasteiger charge is 2.72. The van der Waals surface area contributed by atoms with Gasteiger partial charge in [-0.2, -0.15) is 0 Å². The van der Waals surface area contributed by atoms with Crippen molar-refractivity contribution >= 4 is 29.4 Å². The van der Waals surface area contributed by atoms with E-state index in [9.17, 15) is 14.7 Å². The molecule has 2 saturated heterocycles. The first-order chi connectivity index (χ1) is 24.7. The van der Waals surface area contributed by atoms with Crippen LogP contribution in [0.3, 0.4) is 0 Å². The van der Waals surface area contributed by atoms with E-state index in [1.54, 1.807) is 23.1 Å². The van der Waals surface area contributed by atoms with Crippen molar-refractivity contribution in [1.29, 1.82) is 0 Å². The number of nitrogens with zero attached hydrogens (tertiary/aromatic N) is 2. The smallest absolute Gasteiger partial charge is 0.313 e. The molecule has 4 aliphatic heterocycles. The SMILES string of the molecule is Cc1cccc(C)c1N1CC=C[C@]23O[C@@H]4/C=C\CCC(=O)NC[C@@H](c5ccccc5)OC(=O)[C@@H]4[C@H]2C(=O)N([C@@H](CO)Cc2ccccc2)[C@@H]3C1=O. The van der Waals surface area contributed by atoms with Crippen LogP contribution in [0.5, 0.6) is 0 Å². The molecule has 0 aromatic heterocycles. The maximum atomic E-state index is 15.1. The zero-order valence-corrected chi connectivity index (χ0v) is 28.8. The number of nitrogens with one attached hydrogen (secondary N) is 1. The Labute approximate surface area is 297 Å². The number of carbonyl (C=O) groups is 4. The van der Waals surface area contributed by atoms with Crippen LogP contribution in [0, 0.1) is 25.7 Å². The van der Waals surface area contributed by atoms with Crippen molar-refractivity contribution in [2.75, 3.05) is 24.6 Å². The second kappa shape index (κ2) is 14.3. The van der Waals surface area contributed by atoms with Crippen molar-refractivity contribution in [3.63, 3.8) is 0 Å². The molecule has 3 aromatic rings. The number of allylic oxidation sites excluding steroid dienone is 1. The molecule has 2 fully saturated rings. The zero-order chi connectivity index (χ0) is 35.7. The molecule has 10 nitrogen and oxygen atoms in total. The summed E-state index contributed by atoms with van der Waals surface area (Å²) >= 11 is 0. The minimum atomic E-state index is -1.54. The van der Waals surface area contributed by atoms with Gasteiger partial charge in [-0.1, -0.05) is 103 Å². The number of hydrogen-bond donors (Lipinski definition) is 2. The molecule has 0 aliphatic carbocycles. The fourth-order valence-corrected chi connectivity index (χ4v) is 8.31. The van der Waals surface area contributed by atoms with Gasteiger partial charge in [-0.05, 0) is 48.9 Å². The molecule has 3 amide bonds. The molecule has 7 rings (SSSR count). The maximum Gasteiger partial charge on any atom is 0.313 e. The van der Waals surface area contributed by atoms with E-state index in [0.29, 0.717) is 12.0 Å². The van der Waals surface area contributed by atoms with E-state index in [0.717, 1.165) is 22.4 Å². The van der Waals surface area contributed by atoms with Crippen LogP contribution in [0.15, 0.2) is 103 Å². The number of esters is 1. The molecule has 4 aliphatic rings. The number of para-hydroxylation sites is 1. The van der Waals surface area contributed by atoms with Crippen LogP contribution in [0.25, 0.3) is 0 Å². The Morgan fingerprint density at radius 1 is 0.902 bits per heavy atom. The van der Waals surface area contributed by atoms with Gasteiger partial charge in [0.1, 0.15) is 23.7 Å². The van der Waals surface area contributed by atoms with Crippen molar-refractivity contribution in [3.8, 4) is 0 Å². The lowest BCUT2D eigenvalue weighted by Gasteiger charge is -2.39. The molecule has 2 N–H and O–H groups in total. The number of benzene rings is 3. The van der Waals surface area contributed by atoms with Gasteiger partial charge in [-0.3, -0.25) is 19.2 Å². The molecular weight excluding hydrogens is 646 g/mol. The molecule has 0 radical (unpaired) electrons. The molecule has 0 saturated carbocycles. The predicted octanol–water partition coefficient (Wildman–Crippen LogP) is 4.14. The van der Waals surface area contributed by atoms with E-state index in [4.69, 9.17) is 9.47 Å². The average Bonchev–Trinajstić information content (AvgIpc) is 3.53. The maximum absolute atomic E-state index is 15.1. The molecule has 1 spiro atoms. The summed E-state index contributed by atoms with van der Waals surface area (Å²) in [6, 6.07) is 22.5. The normalized spacial score (nSPS) is 29.1. The summed E-state index contributed by atoms with van der Waals surface area (Å²) in [6.07, 6.45) is 6.30. The number of amides is 3. The largest absolute Gasteiger partial charge is 0.455 e. The lowest BCUT2D eigenvalue weighted by atomic mass is 9.77. The molecule has 3 aromatic carbocycles. The van der Waals surface area contributed by atoms with Crippen LogP contribution >= 0.6 is 0 Å². The van der Waals surface area contributed by atoms with E-state index in [2.05, 4.69) is 5.32 Å². The number of likely N-dealkylation sites (tertiary alicyclic amines) is 1. The minimum Gasteiger partial charge on any atom is -0.455 e. The first-order valence-electron chi connectivity index (χ1n) is 17.6. The lowest BCUT2D eigenvalue weighted by Crippen LogP contribution is -2.58. The third kappa shape index (κ3) is 6.27. The Morgan fingerprint density at radius 3 is 2.31 bits per heavy atom. The van der Waals surface area contributed by atoms with Gasteiger partial charge in [0.15, 0.2) is 0 Å². The van der Waals surface area contributed by atoms with Gasteiger partial charge in [0.25, 0.3) is 5.91 Å². The van der Waals surface area contributed by atoms with Gasteiger partial charge in [0.2, 0.25) is 11.8 Å². The van der Waals surface area contributed by atoms with Crippen LogP contribution in [-0.4, -0.2) is 77.2 Å². The Hall–Kier alpha value is -5.06. The third-order valence-electron chi connectivity index (χ3n) is 10.6. The molecule has 7 atom stereocenters. The molecule has 51 heavy (non-hydrogen) atoms. The number of fused-ring (bicyclic) bond motifs is 2. The van der Waals surface area contributed by atoms with E-state index in [1.165, 1.54) is 4.90 Å². The van der Waals surface area contributed by atoms with Gasteiger partial charge >= 0.3 is 5.97 Å². The highest BCUT2D eigenvalue weighted by Crippen LogP contribution is 2.54. The lowest BCUT2D eigenvalue weighted by molar-refractivity contribution is -0.160. The average molecular weight is 690 g/mol. The van der Waals surface area contributed by atoms with Gasteiger partial charge in [0, 0.05) is 18.7 Å². The number of aliphatic hydroxyl groups is 1. The first kappa shape index (κ1) is 34.4. The second-order valence-electron chi connectivity index (χ2n) is 13.8. The number of carbonyl (C=O) groups excluding carboxylic acids is 4. The van der Waals surface area contributed by atoms with Gasteiger partial charge in [-0.25, -0.2) is 0 Å². The highest BCUT2D eigenvalue weighted by molar-refractivity contribution is 6.06. The van der Waals surface area contributed by atoms with Gasteiger partial charge in [0.05, 0.1) is 31.2 Å². The summed E-state index contributed by atoms with van der Waals surface area (Å²) < 4.78 is 13.1. The van der Waals surface area contributed by atoms with Gasteiger partial charge in [-0.15, -0.1) is 0 Å². The number of anilines is 1. The zero-order valence-electron chi connectivity index (χ0n) is 28.8. The fraction of sp³-hybridized carbons (Fsp3) is 0.366. The summed E-state index contributed by atoms with van der Waals surface area (Å²) in [4.78, 5) is 60.6. The van der Waals surface area contributed by atoms with E-state index in [1.807, 2.05) is 98.8 Å². The summed E-state index contributed by atoms with van der Waals surface area (Å²) in [7, 11) is 0. The van der Waals surface area contributed by atoms with Crippen molar-refractivity contribution in [1.82, 2.24) is 10.2 Å². The predicted molar refractivity (Wildman–Crippen MR) is 190 cm³/mol. The van der Waals surface area contributed by atoms with Crippen molar-refractivity contribution < 1.29 is 33.8 Å². The third-order valence-corrected chi connectivity index (χ3v) is 10.6. The van der Waals surface area contributed by atoms with Crippen molar-refractivity contribution in [2.24, 2.45) is 11.8 Å². The summed E-state index contributed by atoms with van der Waals surface area (Å²) in [5, 5.41) is 13.8. The Kier molecular flexibility index (Phi) is 9.63. The number of rotatable bonds is 6. The minimum absolute atomic E-state index is 0.0574. The van der Waals surface area contributed by atoms with Crippen LogP contribution in [0.4, 0.5) is 5.69 Å².